The first-order chi connectivity index (χ1) is 3.41. The second-order valence-corrected chi connectivity index (χ2v) is 2.96. The maximum atomic E-state index is 9.11. The Balaban J connectivity index is -0.0000000326. The molecular formula is C2H9NaO4S2. The molecule has 0 aliphatic rings. The normalized spacial score (nSPS) is 8.44. The van der Waals surface area contributed by atoms with Gasteiger partial charge in [0.05, 0.1) is 0 Å². The van der Waals surface area contributed by atoms with Crippen LogP contribution in [0.15, 0.2) is 0 Å². The standard InChI is InChI=1S/C2H6O.Na.H2O3S2.H/c1-2-3;;1-5(2,3)4;/h3H,2H2,1H3;;(H2,1,2,3,4);/q;+1;;-1. The summed E-state index contributed by atoms with van der Waals surface area (Å²) < 4.78 is 24.0. The third kappa shape index (κ3) is 311. The summed E-state index contributed by atoms with van der Waals surface area (Å²) in [4.78, 5) is 0. The molecule has 4 nitrogen and oxygen atoms in total. The van der Waals surface area contributed by atoms with Crippen molar-refractivity contribution in [3.8, 4) is 0 Å². The maximum absolute atomic E-state index is 9.11. The largest absolute Gasteiger partial charge is 1.00 e. The summed E-state index contributed by atoms with van der Waals surface area (Å²) in [5.41, 5.74) is 0. The number of aliphatic hydroxyl groups is 1. The van der Waals surface area contributed by atoms with E-state index in [1.54, 1.807) is 6.92 Å². The Morgan fingerprint density at radius 3 is 1.67 bits per heavy atom. The van der Waals surface area contributed by atoms with Gasteiger partial charge in [0.2, 0.25) is 0 Å². The van der Waals surface area contributed by atoms with Crippen LogP contribution in [0.4, 0.5) is 0 Å². The van der Waals surface area contributed by atoms with Crippen LogP contribution in [0, 0.1) is 0 Å². The first kappa shape index (κ1) is 16.7. The molecule has 3 N–H and O–H groups in total. The van der Waals surface area contributed by atoms with Gasteiger partial charge in [0.15, 0.2) is 0 Å². The summed E-state index contributed by atoms with van der Waals surface area (Å²) in [6.07, 6.45) is 0. The van der Waals surface area contributed by atoms with Crippen LogP contribution in [-0.2, 0) is 20.2 Å². The Bertz CT molecular complexity index is 115. The summed E-state index contributed by atoms with van der Waals surface area (Å²) in [6.45, 7) is 1.93. The third-order valence-corrected chi connectivity index (χ3v) is 0. The Hall–Kier alpha value is 1.25. The van der Waals surface area contributed by atoms with Gasteiger partial charge in [-0.3, -0.25) is 9.11 Å². The average molecular weight is 184 g/mol. The molecule has 54 valence electrons. The summed E-state index contributed by atoms with van der Waals surface area (Å²) >= 11 is 3.47. The van der Waals surface area contributed by atoms with Gasteiger partial charge in [-0.05, 0) is 6.92 Å². The molecule has 0 aliphatic heterocycles. The molecule has 0 aromatic rings. The Morgan fingerprint density at radius 2 is 1.67 bits per heavy atom. The van der Waals surface area contributed by atoms with Crippen molar-refractivity contribution >= 4 is 20.2 Å². The minimum Gasteiger partial charge on any atom is -1.00 e. The number of hydrogen-bond acceptors (Lipinski definition) is 3. The second-order valence-electron chi connectivity index (χ2n) is 0.764. The van der Waals surface area contributed by atoms with Crippen molar-refractivity contribution in [2.75, 3.05) is 6.61 Å². The van der Waals surface area contributed by atoms with Crippen LogP contribution in [0.5, 0.6) is 0 Å². The monoisotopic (exact) mass is 184 g/mol. The molecule has 7 heteroatoms. The predicted octanol–water partition coefficient (Wildman–Crippen LogP) is -3.21. The van der Waals surface area contributed by atoms with Crippen LogP contribution < -0.4 is 29.6 Å². The minimum absolute atomic E-state index is 0. The van der Waals surface area contributed by atoms with Crippen LogP contribution >= 0.6 is 0 Å². The molecule has 0 heterocycles. The molecule has 0 fully saturated rings. The van der Waals surface area contributed by atoms with E-state index in [-0.39, 0.29) is 37.6 Å². The summed E-state index contributed by atoms with van der Waals surface area (Å²) in [5, 5.41) is 7.57. The van der Waals surface area contributed by atoms with E-state index >= 15 is 0 Å². The summed E-state index contributed by atoms with van der Waals surface area (Å²) in [6, 6.07) is 0. The number of aliphatic hydroxyl groups excluding tert-OH is 1. The fraction of sp³-hybridized carbons (Fsp3) is 1.00. The fourth-order valence-electron chi connectivity index (χ4n) is 0. The van der Waals surface area contributed by atoms with Gasteiger partial charge in [0.1, 0.15) is 0 Å². The second kappa shape index (κ2) is 9.25. The molecule has 0 aliphatic carbocycles. The van der Waals surface area contributed by atoms with Crippen LogP contribution in [0.3, 0.4) is 0 Å². The summed E-state index contributed by atoms with van der Waals surface area (Å²) in [5.74, 6) is 0. The Morgan fingerprint density at radius 1 is 1.67 bits per heavy atom. The van der Waals surface area contributed by atoms with Gasteiger partial charge < -0.3 is 6.53 Å². The van der Waals surface area contributed by atoms with Crippen LogP contribution in [0.25, 0.3) is 0 Å². The van der Waals surface area contributed by atoms with Crippen LogP contribution in [0.2, 0.25) is 0 Å². The van der Waals surface area contributed by atoms with E-state index in [0.29, 0.717) is 0 Å². The number of rotatable bonds is 0. The molecular weight excluding hydrogens is 175 g/mol. The SMILES string of the molecule is CCO.O=S(O)(O)=S.[H-].[Na+]. The zero-order valence-corrected chi connectivity index (χ0v) is 8.91. The van der Waals surface area contributed by atoms with Crippen LogP contribution in [0.1, 0.15) is 8.35 Å². The zero-order valence-electron chi connectivity index (χ0n) is 6.27. The van der Waals surface area contributed by atoms with Gasteiger partial charge in [-0.2, -0.15) is 4.21 Å². The van der Waals surface area contributed by atoms with Crippen molar-refractivity contribution in [2.45, 2.75) is 6.92 Å². The molecule has 0 aromatic carbocycles. The Labute approximate surface area is 82.8 Å². The zero-order chi connectivity index (χ0) is 7.21. The molecule has 0 unspecified atom stereocenters. The molecule has 0 amide bonds. The maximum Gasteiger partial charge on any atom is 1.00 e. The van der Waals surface area contributed by atoms with Gasteiger partial charge in [-0.1, -0.05) is 0 Å². The van der Waals surface area contributed by atoms with E-state index < -0.39 is 9.05 Å². The predicted molar refractivity (Wildman–Crippen MR) is 34.6 cm³/mol. The Kier molecular flexibility index (Phi) is 17.1. The fourth-order valence-corrected chi connectivity index (χ4v) is 0. The van der Waals surface area contributed by atoms with Crippen molar-refractivity contribution in [3.05, 3.63) is 0 Å². The molecule has 0 spiro atoms. The van der Waals surface area contributed by atoms with E-state index in [2.05, 4.69) is 11.2 Å². The molecule has 0 bridgehead atoms. The summed E-state index contributed by atoms with van der Waals surface area (Å²) in [7, 11) is -3.83. The molecule has 0 rings (SSSR count). The average Bonchev–Trinajstić information content (AvgIpc) is 1.27. The van der Waals surface area contributed by atoms with Gasteiger partial charge in [0, 0.05) is 17.8 Å². The smallest absolute Gasteiger partial charge is 1.00 e. The van der Waals surface area contributed by atoms with Crippen molar-refractivity contribution in [1.29, 1.82) is 0 Å². The molecule has 0 atom stereocenters. The minimum atomic E-state index is -3.83. The van der Waals surface area contributed by atoms with E-state index in [1.165, 1.54) is 0 Å². The van der Waals surface area contributed by atoms with Gasteiger partial charge >= 0.3 is 29.6 Å². The molecule has 9 heavy (non-hydrogen) atoms. The van der Waals surface area contributed by atoms with E-state index in [0.717, 1.165) is 0 Å². The van der Waals surface area contributed by atoms with E-state index in [9.17, 15) is 0 Å². The third-order valence-electron chi connectivity index (χ3n) is 0. The topological polar surface area (TPSA) is 77.8 Å². The van der Waals surface area contributed by atoms with Crippen molar-refractivity contribution in [1.82, 2.24) is 0 Å². The van der Waals surface area contributed by atoms with Gasteiger partial charge in [-0.25, -0.2) is 0 Å². The van der Waals surface area contributed by atoms with Crippen molar-refractivity contribution in [3.63, 3.8) is 0 Å². The first-order valence-electron chi connectivity index (χ1n) is 1.72. The molecule has 0 saturated carbocycles. The van der Waals surface area contributed by atoms with Crippen molar-refractivity contribution < 1.29 is 49.4 Å². The van der Waals surface area contributed by atoms with Gasteiger partial charge in [-0.15, -0.1) is 0 Å². The van der Waals surface area contributed by atoms with E-state index in [1.807, 2.05) is 0 Å². The van der Waals surface area contributed by atoms with E-state index in [4.69, 9.17) is 18.4 Å². The molecule has 0 saturated heterocycles. The molecule has 0 aromatic heterocycles. The first-order valence-corrected chi connectivity index (χ1v) is 4.12. The quantitative estimate of drug-likeness (QED) is 0.345. The van der Waals surface area contributed by atoms with Crippen molar-refractivity contribution in [2.24, 2.45) is 0 Å². The van der Waals surface area contributed by atoms with Gasteiger partial charge in [0.25, 0.3) is 9.05 Å². The molecule has 0 radical (unpaired) electrons. The van der Waals surface area contributed by atoms with Crippen LogP contribution in [-0.4, -0.2) is 25.0 Å². The number of hydrogen-bond donors (Lipinski definition) is 3.